The van der Waals surface area contributed by atoms with Crippen molar-refractivity contribution in [2.45, 2.75) is 25.4 Å². The molecule has 11 heavy (non-hydrogen) atoms. The highest BCUT2D eigenvalue weighted by Crippen LogP contribution is 2.42. The lowest BCUT2D eigenvalue weighted by Crippen LogP contribution is -2.49. The van der Waals surface area contributed by atoms with Gasteiger partial charge in [0.2, 0.25) is 0 Å². The molecule has 2 fully saturated rings. The summed E-state index contributed by atoms with van der Waals surface area (Å²) in [4.78, 5) is 10.6. The Balaban J connectivity index is 1.96. The monoisotopic (exact) mass is 156 g/mol. The molecule has 0 aromatic rings. The van der Waals surface area contributed by atoms with E-state index in [2.05, 4.69) is 0 Å². The van der Waals surface area contributed by atoms with Crippen molar-refractivity contribution >= 4 is 5.97 Å². The highest BCUT2D eigenvalue weighted by molar-refractivity contribution is 5.71. The Hall–Kier alpha value is -0.570. The minimum atomic E-state index is -0.642. The Bertz CT molecular complexity index is 178. The summed E-state index contributed by atoms with van der Waals surface area (Å²) >= 11 is 0. The summed E-state index contributed by atoms with van der Waals surface area (Å²) in [7, 11) is 0. The van der Waals surface area contributed by atoms with Gasteiger partial charge >= 0.3 is 5.97 Å². The molecule has 0 aromatic heterocycles. The maximum absolute atomic E-state index is 10.6. The minimum absolute atomic E-state index is 0.111. The normalized spacial score (nSPS) is 42.4. The van der Waals surface area contributed by atoms with Crippen LogP contribution in [0.15, 0.2) is 0 Å². The van der Waals surface area contributed by atoms with Crippen LogP contribution in [0.1, 0.15) is 19.3 Å². The maximum Gasteiger partial charge on any atom is 0.306 e. The fraction of sp³-hybridized carbons (Fsp3) is 0.875. The largest absolute Gasteiger partial charge is 0.481 e. The molecule has 0 spiro atoms. The van der Waals surface area contributed by atoms with E-state index in [-0.39, 0.29) is 12.0 Å². The molecule has 3 nitrogen and oxygen atoms in total. The molecular formula is C8H12O3. The number of carboxylic acids is 1. The number of carboxylic acid groups (broad SMARTS) is 1. The van der Waals surface area contributed by atoms with Gasteiger partial charge in [0.15, 0.2) is 0 Å². The first-order valence-corrected chi connectivity index (χ1v) is 4.13. The summed E-state index contributed by atoms with van der Waals surface area (Å²) in [5, 5.41) is 8.72. The third kappa shape index (κ3) is 1.03. The molecule has 3 atom stereocenters. The second-order valence-electron chi connectivity index (χ2n) is 3.40. The zero-order chi connectivity index (χ0) is 7.84. The molecule has 2 rings (SSSR count). The Labute approximate surface area is 65.4 Å². The van der Waals surface area contributed by atoms with Crippen LogP contribution in [0.2, 0.25) is 0 Å². The van der Waals surface area contributed by atoms with Crippen LogP contribution in [0.5, 0.6) is 0 Å². The zero-order valence-electron chi connectivity index (χ0n) is 6.32. The summed E-state index contributed by atoms with van der Waals surface area (Å²) in [6, 6.07) is 0. The molecule has 0 aromatic carbocycles. The van der Waals surface area contributed by atoms with Gasteiger partial charge in [0.1, 0.15) is 0 Å². The third-order valence-electron chi connectivity index (χ3n) is 2.81. The Morgan fingerprint density at radius 1 is 1.55 bits per heavy atom. The van der Waals surface area contributed by atoms with E-state index in [1.54, 1.807) is 0 Å². The van der Waals surface area contributed by atoms with Gasteiger partial charge in [-0.2, -0.15) is 0 Å². The van der Waals surface area contributed by atoms with Crippen LogP contribution in [-0.4, -0.2) is 23.8 Å². The molecule has 62 valence electrons. The van der Waals surface area contributed by atoms with Crippen molar-refractivity contribution in [3.8, 4) is 0 Å². The molecule has 0 bridgehead atoms. The highest BCUT2D eigenvalue weighted by Gasteiger charge is 2.47. The fourth-order valence-corrected chi connectivity index (χ4v) is 2.08. The van der Waals surface area contributed by atoms with Gasteiger partial charge < -0.3 is 9.84 Å². The van der Waals surface area contributed by atoms with Crippen LogP contribution in [0.25, 0.3) is 0 Å². The molecule has 1 N–H and O–H groups in total. The average molecular weight is 156 g/mol. The standard InChI is InChI=1S/C8H12O3/c9-8(10)6-4-7-5(6)2-1-3-11-7/h5-7H,1-4H2,(H,9,10). The smallest absolute Gasteiger partial charge is 0.306 e. The summed E-state index contributed by atoms with van der Waals surface area (Å²) in [5.41, 5.74) is 0. The van der Waals surface area contributed by atoms with Crippen molar-refractivity contribution in [3.63, 3.8) is 0 Å². The molecule has 1 saturated carbocycles. The summed E-state index contributed by atoms with van der Waals surface area (Å²) in [6.07, 6.45) is 3.08. The zero-order valence-corrected chi connectivity index (χ0v) is 6.32. The van der Waals surface area contributed by atoms with E-state index in [0.717, 1.165) is 25.9 Å². The van der Waals surface area contributed by atoms with E-state index < -0.39 is 5.97 Å². The van der Waals surface area contributed by atoms with E-state index in [1.165, 1.54) is 0 Å². The van der Waals surface area contributed by atoms with Crippen LogP contribution in [0.4, 0.5) is 0 Å². The van der Waals surface area contributed by atoms with Gasteiger partial charge in [-0.25, -0.2) is 0 Å². The molecule has 1 heterocycles. The second-order valence-corrected chi connectivity index (χ2v) is 3.40. The quantitative estimate of drug-likeness (QED) is 0.613. The van der Waals surface area contributed by atoms with E-state index >= 15 is 0 Å². The molecule has 3 heteroatoms. The lowest BCUT2D eigenvalue weighted by atomic mass is 9.68. The van der Waals surface area contributed by atoms with Crippen molar-refractivity contribution in [2.24, 2.45) is 11.8 Å². The van der Waals surface area contributed by atoms with Gasteiger partial charge in [0.05, 0.1) is 12.0 Å². The number of ether oxygens (including phenoxy) is 1. The number of hydrogen-bond donors (Lipinski definition) is 1. The van der Waals surface area contributed by atoms with Crippen LogP contribution < -0.4 is 0 Å². The van der Waals surface area contributed by atoms with Crippen LogP contribution in [-0.2, 0) is 9.53 Å². The van der Waals surface area contributed by atoms with E-state index in [0.29, 0.717) is 5.92 Å². The van der Waals surface area contributed by atoms with Crippen LogP contribution in [0.3, 0.4) is 0 Å². The van der Waals surface area contributed by atoms with Gasteiger partial charge in [-0.3, -0.25) is 4.79 Å². The Morgan fingerprint density at radius 2 is 2.36 bits per heavy atom. The predicted molar refractivity (Wildman–Crippen MR) is 38.2 cm³/mol. The Morgan fingerprint density at radius 3 is 3.00 bits per heavy atom. The molecule has 2 aliphatic rings. The van der Waals surface area contributed by atoms with E-state index in [4.69, 9.17) is 9.84 Å². The van der Waals surface area contributed by atoms with Crippen LogP contribution in [0, 0.1) is 11.8 Å². The number of rotatable bonds is 1. The first-order valence-electron chi connectivity index (χ1n) is 4.13. The summed E-state index contributed by atoms with van der Waals surface area (Å²) in [6.45, 7) is 0.827. The lowest BCUT2D eigenvalue weighted by molar-refractivity contribution is -0.169. The van der Waals surface area contributed by atoms with Gasteiger partial charge in [0, 0.05) is 6.61 Å². The number of aliphatic carboxylic acids is 1. The van der Waals surface area contributed by atoms with Crippen molar-refractivity contribution in [1.82, 2.24) is 0 Å². The second kappa shape index (κ2) is 2.48. The van der Waals surface area contributed by atoms with Gasteiger partial charge in [0.25, 0.3) is 0 Å². The maximum atomic E-state index is 10.6. The molecular weight excluding hydrogens is 144 g/mol. The summed E-state index contributed by atoms with van der Waals surface area (Å²) in [5.74, 6) is -0.432. The van der Waals surface area contributed by atoms with Gasteiger partial charge in [-0.1, -0.05) is 0 Å². The van der Waals surface area contributed by atoms with Crippen molar-refractivity contribution in [2.75, 3.05) is 6.61 Å². The first-order chi connectivity index (χ1) is 5.29. The average Bonchev–Trinajstić information content (AvgIpc) is 1.90. The van der Waals surface area contributed by atoms with Gasteiger partial charge in [-0.05, 0) is 25.2 Å². The Kier molecular flexibility index (Phi) is 1.60. The fourth-order valence-electron chi connectivity index (χ4n) is 2.08. The number of fused-ring (bicyclic) bond motifs is 1. The van der Waals surface area contributed by atoms with Crippen molar-refractivity contribution in [3.05, 3.63) is 0 Å². The SMILES string of the molecule is O=C(O)C1CC2OCCCC21. The topological polar surface area (TPSA) is 46.5 Å². The predicted octanol–water partition coefficient (Wildman–Crippen LogP) is 0.886. The minimum Gasteiger partial charge on any atom is -0.481 e. The third-order valence-corrected chi connectivity index (χ3v) is 2.81. The van der Waals surface area contributed by atoms with Gasteiger partial charge in [-0.15, -0.1) is 0 Å². The molecule has 3 unspecified atom stereocenters. The lowest BCUT2D eigenvalue weighted by Gasteiger charge is -2.45. The highest BCUT2D eigenvalue weighted by atomic mass is 16.5. The molecule has 1 aliphatic carbocycles. The molecule has 1 aliphatic heterocycles. The van der Waals surface area contributed by atoms with Crippen LogP contribution >= 0.6 is 0 Å². The first kappa shape index (κ1) is 7.10. The van der Waals surface area contributed by atoms with Crippen molar-refractivity contribution < 1.29 is 14.6 Å². The van der Waals surface area contributed by atoms with E-state index in [9.17, 15) is 4.79 Å². The van der Waals surface area contributed by atoms with Crippen molar-refractivity contribution in [1.29, 1.82) is 0 Å². The molecule has 1 saturated heterocycles. The summed E-state index contributed by atoms with van der Waals surface area (Å²) < 4.78 is 5.39. The molecule has 0 radical (unpaired) electrons. The number of carbonyl (C=O) groups is 1. The van der Waals surface area contributed by atoms with E-state index in [1.807, 2.05) is 0 Å². The number of hydrogen-bond acceptors (Lipinski definition) is 2. The molecule has 0 amide bonds.